The molecular weight excluding hydrogens is 480 g/mol. The van der Waals surface area contributed by atoms with Gasteiger partial charge in [0.15, 0.2) is 0 Å². The van der Waals surface area contributed by atoms with Crippen molar-refractivity contribution in [3.63, 3.8) is 0 Å². The van der Waals surface area contributed by atoms with Crippen LogP contribution in [0.3, 0.4) is 0 Å². The highest BCUT2D eigenvalue weighted by molar-refractivity contribution is 9.10. The number of nitrogens with one attached hydrogen (secondary N) is 2. The van der Waals surface area contributed by atoms with Crippen LogP contribution >= 0.6 is 31.9 Å². The summed E-state index contributed by atoms with van der Waals surface area (Å²) in [4.78, 5) is 9.60. The topological polar surface area (TPSA) is 48.8 Å². The number of hydrogen-bond donors (Lipinski definition) is 2. The molecule has 6 heteroatoms. The van der Waals surface area contributed by atoms with Gasteiger partial charge in [0, 0.05) is 31.8 Å². The molecule has 0 aliphatic carbocycles. The van der Waals surface area contributed by atoms with Crippen molar-refractivity contribution in [1.29, 1.82) is 0 Å². The molecule has 0 saturated carbocycles. The summed E-state index contributed by atoms with van der Waals surface area (Å²) in [6.07, 6.45) is 4.06. The standard InChI is InChI=1S/C22H22Br2N4/c1-13-9-14(2)26-20-8-6-18(24)12-22(20)28-16(4)10-15(3)27-21-11-17(23)5-7-19(21)25-13/h5-12,25,28H,1-4H3/b13-9-,16-10-,26-14?,27-15?. The molecule has 2 N–H and O–H groups in total. The third-order valence-electron chi connectivity index (χ3n) is 4.03. The molecule has 0 saturated heterocycles. The number of anilines is 2. The maximum atomic E-state index is 4.81. The zero-order valence-corrected chi connectivity index (χ0v) is 19.4. The molecule has 1 aliphatic rings. The number of rotatable bonds is 0. The first-order valence-corrected chi connectivity index (χ1v) is 10.5. The van der Waals surface area contributed by atoms with Crippen LogP contribution in [0.25, 0.3) is 0 Å². The van der Waals surface area contributed by atoms with Gasteiger partial charge in [-0.2, -0.15) is 0 Å². The molecule has 2 aromatic rings. The predicted octanol–water partition coefficient (Wildman–Crippen LogP) is 7.74. The Labute approximate surface area is 182 Å². The van der Waals surface area contributed by atoms with E-state index in [9.17, 15) is 0 Å². The van der Waals surface area contributed by atoms with E-state index in [0.29, 0.717) is 0 Å². The maximum absolute atomic E-state index is 4.81. The zero-order valence-electron chi connectivity index (χ0n) is 16.3. The lowest BCUT2D eigenvalue weighted by atomic mass is 10.2. The number of allylic oxidation sites excluding steroid dienone is 4. The Bertz CT molecular complexity index is 1030. The van der Waals surface area contributed by atoms with Gasteiger partial charge < -0.3 is 10.6 Å². The second-order valence-electron chi connectivity index (χ2n) is 6.73. The predicted molar refractivity (Wildman–Crippen MR) is 129 cm³/mol. The Morgan fingerprint density at radius 1 is 0.643 bits per heavy atom. The molecule has 0 bridgehead atoms. The van der Waals surface area contributed by atoms with E-state index >= 15 is 0 Å². The van der Waals surface area contributed by atoms with Gasteiger partial charge in [-0.3, -0.25) is 9.98 Å². The van der Waals surface area contributed by atoms with Crippen LogP contribution in [0.1, 0.15) is 27.7 Å². The lowest BCUT2D eigenvalue weighted by Gasteiger charge is -2.14. The van der Waals surface area contributed by atoms with Crippen LogP contribution < -0.4 is 10.6 Å². The summed E-state index contributed by atoms with van der Waals surface area (Å²) < 4.78 is 1.99. The first-order valence-electron chi connectivity index (χ1n) is 8.90. The molecule has 0 amide bonds. The van der Waals surface area contributed by atoms with Gasteiger partial charge in [-0.25, -0.2) is 0 Å². The normalized spacial score (nSPS) is 18.5. The van der Waals surface area contributed by atoms with Crippen molar-refractivity contribution >= 4 is 66.0 Å². The number of aliphatic imine (C=N–C) groups is 2. The smallest absolute Gasteiger partial charge is 0.0878 e. The minimum atomic E-state index is 0.874. The van der Waals surface area contributed by atoms with Crippen LogP contribution in [-0.4, -0.2) is 11.4 Å². The fraction of sp³-hybridized carbons (Fsp3) is 0.182. The van der Waals surface area contributed by atoms with Gasteiger partial charge in [-0.1, -0.05) is 31.9 Å². The third kappa shape index (κ3) is 5.42. The fourth-order valence-electron chi connectivity index (χ4n) is 2.98. The minimum Gasteiger partial charge on any atom is -0.357 e. The van der Waals surface area contributed by atoms with E-state index in [2.05, 4.69) is 42.5 Å². The van der Waals surface area contributed by atoms with Crippen LogP contribution in [0, 0.1) is 0 Å². The highest BCUT2D eigenvalue weighted by Gasteiger charge is 2.07. The highest BCUT2D eigenvalue weighted by atomic mass is 79.9. The summed E-state index contributed by atoms with van der Waals surface area (Å²) in [5.41, 5.74) is 7.44. The van der Waals surface area contributed by atoms with Crippen LogP contribution in [0.5, 0.6) is 0 Å². The van der Waals surface area contributed by atoms with Crippen molar-refractivity contribution in [1.82, 2.24) is 0 Å². The van der Waals surface area contributed by atoms with Gasteiger partial charge in [-0.15, -0.1) is 0 Å². The van der Waals surface area contributed by atoms with Crippen LogP contribution in [-0.2, 0) is 0 Å². The fourth-order valence-corrected chi connectivity index (χ4v) is 3.69. The van der Waals surface area contributed by atoms with Crippen molar-refractivity contribution in [2.45, 2.75) is 27.7 Å². The van der Waals surface area contributed by atoms with E-state index in [1.54, 1.807) is 0 Å². The summed E-state index contributed by atoms with van der Waals surface area (Å²) in [6, 6.07) is 12.1. The molecule has 3 rings (SSSR count). The van der Waals surface area contributed by atoms with Gasteiger partial charge in [0.05, 0.1) is 22.7 Å². The van der Waals surface area contributed by atoms with Gasteiger partial charge in [-0.05, 0) is 76.2 Å². The minimum absolute atomic E-state index is 0.874. The second-order valence-corrected chi connectivity index (χ2v) is 8.57. The molecule has 4 nitrogen and oxygen atoms in total. The van der Waals surface area contributed by atoms with Crippen LogP contribution in [0.2, 0.25) is 0 Å². The van der Waals surface area contributed by atoms with Crippen molar-refractivity contribution in [2.75, 3.05) is 10.6 Å². The Morgan fingerprint density at radius 2 is 1.18 bits per heavy atom. The van der Waals surface area contributed by atoms with E-state index < -0.39 is 0 Å². The molecule has 144 valence electrons. The average molecular weight is 502 g/mol. The molecular formula is C22H22Br2N4. The summed E-state index contributed by atoms with van der Waals surface area (Å²) in [5, 5.41) is 6.90. The van der Waals surface area contributed by atoms with Crippen molar-refractivity contribution in [3.8, 4) is 0 Å². The van der Waals surface area contributed by atoms with Crippen molar-refractivity contribution < 1.29 is 0 Å². The average Bonchev–Trinajstić information content (AvgIpc) is 2.58. The SMILES string of the molecule is CC1=Nc2cc(Br)ccc2N/C(C)=C\C(C)=Nc2ccc(Br)cc2N/C(C)=C\1. The molecule has 0 atom stereocenters. The first kappa shape index (κ1) is 20.6. The molecule has 1 aliphatic heterocycles. The van der Waals surface area contributed by atoms with Crippen LogP contribution in [0.15, 0.2) is 78.9 Å². The summed E-state index contributed by atoms with van der Waals surface area (Å²) in [5.74, 6) is 0. The van der Waals surface area contributed by atoms with Crippen molar-refractivity contribution in [2.24, 2.45) is 9.98 Å². The maximum Gasteiger partial charge on any atom is 0.0878 e. The molecule has 0 spiro atoms. The summed E-state index contributed by atoms with van der Waals surface area (Å²) in [6.45, 7) is 8.04. The summed E-state index contributed by atoms with van der Waals surface area (Å²) in [7, 11) is 0. The van der Waals surface area contributed by atoms with Gasteiger partial charge >= 0.3 is 0 Å². The van der Waals surface area contributed by atoms with E-state index in [0.717, 1.165) is 54.5 Å². The number of hydrogen-bond acceptors (Lipinski definition) is 4. The van der Waals surface area contributed by atoms with E-state index in [1.165, 1.54) is 0 Å². The Morgan fingerprint density at radius 3 is 1.86 bits per heavy atom. The number of fused-ring (bicyclic) bond motifs is 2. The number of benzene rings is 2. The van der Waals surface area contributed by atoms with Crippen molar-refractivity contribution in [3.05, 3.63) is 68.9 Å². The molecule has 2 aromatic carbocycles. The monoisotopic (exact) mass is 500 g/mol. The Balaban J connectivity index is 2.16. The molecule has 0 fully saturated rings. The second kappa shape index (κ2) is 8.88. The molecule has 0 radical (unpaired) electrons. The highest BCUT2D eigenvalue weighted by Crippen LogP contribution is 2.32. The van der Waals surface area contributed by atoms with Gasteiger partial charge in [0.25, 0.3) is 0 Å². The van der Waals surface area contributed by atoms with E-state index in [1.807, 2.05) is 76.2 Å². The lowest BCUT2D eigenvalue weighted by Crippen LogP contribution is -2.02. The number of nitrogens with zero attached hydrogens (tertiary/aromatic N) is 2. The molecule has 28 heavy (non-hydrogen) atoms. The Hall–Kier alpha value is -2.18. The third-order valence-corrected chi connectivity index (χ3v) is 5.01. The van der Waals surface area contributed by atoms with E-state index in [-0.39, 0.29) is 0 Å². The number of halogens is 2. The van der Waals surface area contributed by atoms with Crippen LogP contribution in [0.4, 0.5) is 22.7 Å². The lowest BCUT2D eigenvalue weighted by molar-refractivity contribution is 1.33. The quantitative estimate of drug-likeness (QED) is 0.387. The Kier molecular flexibility index (Phi) is 6.52. The van der Waals surface area contributed by atoms with Gasteiger partial charge in [0.1, 0.15) is 0 Å². The largest absolute Gasteiger partial charge is 0.357 e. The molecule has 1 heterocycles. The van der Waals surface area contributed by atoms with E-state index in [4.69, 9.17) is 9.98 Å². The molecule has 0 unspecified atom stereocenters. The summed E-state index contributed by atoms with van der Waals surface area (Å²) >= 11 is 7.08. The first-order chi connectivity index (χ1) is 13.3. The molecule has 0 aromatic heterocycles. The van der Waals surface area contributed by atoms with Gasteiger partial charge in [0.2, 0.25) is 0 Å². The zero-order chi connectivity index (χ0) is 20.3.